The molecule has 0 saturated carbocycles. The van der Waals surface area contributed by atoms with E-state index >= 15 is 0 Å². The molecule has 7 nitrogen and oxygen atoms in total. The van der Waals surface area contributed by atoms with Gasteiger partial charge in [-0.15, -0.1) is 12.4 Å². The summed E-state index contributed by atoms with van der Waals surface area (Å²) in [5, 5.41) is 3.88. The minimum absolute atomic E-state index is 0. The molecule has 1 aliphatic rings. The van der Waals surface area contributed by atoms with Gasteiger partial charge in [0.25, 0.3) is 11.5 Å². The van der Waals surface area contributed by atoms with E-state index in [4.69, 9.17) is 4.98 Å². The lowest BCUT2D eigenvalue weighted by molar-refractivity contribution is 0.0589. The van der Waals surface area contributed by atoms with Crippen molar-refractivity contribution in [2.45, 2.75) is 39.8 Å². The Morgan fingerprint density at radius 3 is 2.46 bits per heavy atom. The zero-order chi connectivity index (χ0) is 25.2. The van der Waals surface area contributed by atoms with Gasteiger partial charge >= 0.3 is 0 Å². The number of benzene rings is 2. The van der Waals surface area contributed by atoms with Crippen LogP contribution >= 0.6 is 23.9 Å². The van der Waals surface area contributed by atoms with Crippen LogP contribution in [0.25, 0.3) is 10.2 Å². The van der Waals surface area contributed by atoms with Crippen molar-refractivity contribution in [2.75, 3.05) is 19.6 Å². The molecule has 1 atom stereocenters. The molecule has 0 radical (unpaired) electrons. The van der Waals surface area contributed by atoms with Crippen LogP contribution in [0.4, 0.5) is 0 Å². The number of carbonyl (C=O) groups is 1. The molecule has 0 spiro atoms. The predicted octanol–water partition coefficient (Wildman–Crippen LogP) is 4.75. The van der Waals surface area contributed by atoms with Gasteiger partial charge < -0.3 is 10.2 Å². The van der Waals surface area contributed by atoms with Gasteiger partial charge in [0.2, 0.25) is 0 Å². The zero-order valence-corrected chi connectivity index (χ0v) is 22.9. The minimum atomic E-state index is -0.345. The Hall–Kier alpha value is -3.07. The zero-order valence-electron chi connectivity index (χ0n) is 21.3. The molecule has 9 heteroatoms. The molecule has 1 unspecified atom stereocenters. The van der Waals surface area contributed by atoms with Crippen LogP contribution in [0.1, 0.15) is 52.4 Å². The number of hydrogen-bond acceptors (Lipinski definition) is 6. The molecule has 0 bridgehead atoms. The second-order valence-electron chi connectivity index (χ2n) is 9.57. The molecule has 1 fully saturated rings. The average Bonchev–Trinajstić information content (AvgIpc) is 3.23. The van der Waals surface area contributed by atoms with Crippen molar-refractivity contribution in [1.82, 2.24) is 24.1 Å². The fourth-order valence-electron chi connectivity index (χ4n) is 4.77. The van der Waals surface area contributed by atoms with E-state index in [9.17, 15) is 9.59 Å². The number of fused-ring (bicyclic) bond motifs is 1. The number of nitrogens with one attached hydrogen (secondary N) is 1. The van der Waals surface area contributed by atoms with Crippen molar-refractivity contribution in [3.05, 3.63) is 93.2 Å². The van der Waals surface area contributed by atoms with Crippen LogP contribution in [0.2, 0.25) is 0 Å². The van der Waals surface area contributed by atoms with E-state index in [1.54, 1.807) is 4.57 Å². The third-order valence-corrected chi connectivity index (χ3v) is 7.75. The van der Waals surface area contributed by atoms with Gasteiger partial charge in [-0.1, -0.05) is 55.0 Å². The third kappa shape index (κ3) is 5.46. The number of nitrogens with zero attached hydrogens (tertiary/aromatic N) is 4. The Kier molecular flexibility index (Phi) is 8.42. The van der Waals surface area contributed by atoms with Gasteiger partial charge in [-0.25, -0.2) is 4.98 Å². The smallest absolute Gasteiger partial charge is 0.264 e. The standard InChI is InChI=1S/C28H31N5O2S.ClH/c1-4-23(32(17-21-14-29-15-21)27(34)22-12-10-18(2)11-13-22)25-30-26-24(19(3)31-36-26)28(35)33(25)16-20-8-6-5-7-9-20;/h5-13,21,23,29H,4,14-17H2,1-3H3;1H. The van der Waals surface area contributed by atoms with Crippen molar-refractivity contribution in [3.8, 4) is 0 Å². The fourth-order valence-corrected chi connectivity index (χ4v) is 5.54. The maximum Gasteiger partial charge on any atom is 0.264 e. The molecular formula is C28H32ClN5O2S. The number of rotatable bonds is 8. The summed E-state index contributed by atoms with van der Waals surface area (Å²) < 4.78 is 6.17. The van der Waals surface area contributed by atoms with Crippen LogP contribution < -0.4 is 10.9 Å². The molecule has 5 rings (SSSR count). The predicted molar refractivity (Wildman–Crippen MR) is 151 cm³/mol. The number of halogens is 1. The van der Waals surface area contributed by atoms with Gasteiger partial charge in [-0.3, -0.25) is 14.2 Å². The second-order valence-corrected chi connectivity index (χ2v) is 10.3. The molecule has 4 aromatic rings. The van der Waals surface area contributed by atoms with Crippen LogP contribution in [0.15, 0.2) is 59.4 Å². The lowest BCUT2D eigenvalue weighted by Crippen LogP contribution is -2.51. The van der Waals surface area contributed by atoms with E-state index < -0.39 is 0 Å². The van der Waals surface area contributed by atoms with E-state index in [0.717, 1.165) is 24.2 Å². The molecule has 2 aromatic carbocycles. The number of hydrogen-bond donors (Lipinski definition) is 1. The van der Waals surface area contributed by atoms with Crippen molar-refractivity contribution in [3.63, 3.8) is 0 Å². The highest BCUT2D eigenvalue weighted by atomic mass is 35.5. The number of amides is 1. The summed E-state index contributed by atoms with van der Waals surface area (Å²) in [6.07, 6.45) is 0.641. The Bertz CT molecular complexity index is 1430. The Labute approximate surface area is 227 Å². The molecule has 37 heavy (non-hydrogen) atoms. The number of carbonyl (C=O) groups excluding carboxylic acids is 1. The number of aromatic nitrogens is 3. The molecule has 0 aliphatic carbocycles. The molecular weight excluding hydrogens is 506 g/mol. The highest BCUT2D eigenvalue weighted by molar-refractivity contribution is 7.12. The monoisotopic (exact) mass is 537 g/mol. The first-order valence-electron chi connectivity index (χ1n) is 12.4. The van der Waals surface area contributed by atoms with Gasteiger partial charge in [0.15, 0.2) is 4.83 Å². The largest absolute Gasteiger partial charge is 0.328 e. The summed E-state index contributed by atoms with van der Waals surface area (Å²) in [6.45, 7) is 8.68. The molecule has 1 saturated heterocycles. The van der Waals surface area contributed by atoms with E-state index in [1.165, 1.54) is 11.5 Å². The summed E-state index contributed by atoms with van der Waals surface area (Å²) >= 11 is 1.24. The van der Waals surface area contributed by atoms with Crippen LogP contribution in [0, 0.1) is 19.8 Å². The highest BCUT2D eigenvalue weighted by Gasteiger charge is 2.33. The third-order valence-electron chi connectivity index (χ3n) is 6.92. The number of aryl methyl sites for hydroxylation is 2. The SMILES string of the molecule is CCC(c1nc2snc(C)c2c(=O)n1Cc1ccccc1)N(CC1CNC1)C(=O)c1ccc(C)cc1.Cl. The average molecular weight is 538 g/mol. The molecule has 1 N–H and O–H groups in total. The van der Waals surface area contributed by atoms with Crippen LogP contribution in [0.3, 0.4) is 0 Å². The van der Waals surface area contributed by atoms with Gasteiger partial charge in [0, 0.05) is 31.1 Å². The van der Waals surface area contributed by atoms with E-state index in [2.05, 4.69) is 16.6 Å². The molecule has 2 aromatic heterocycles. The van der Waals surface area contributed by atoms with Crippen LogP contribution in [-0.2, 0) is 6.54 Å². The van der Waals surface area contributed by atoms with Gasteiger partial charge in [0.1, 0.15) is 5.82 Å². The van der Waals surface area contributed by atoms with Crippen molar-refractivity contribution >= 4 is 40.1 Å². The maximum atomic E-state index is 13.9. The van der Waals surface area contributed by atoms with Crippen molar-refractivity contribution < 1.29 is 4.79 Å². The highest BCUT2D eigenvalue weighted by Crippen LogP contribution is 2.29. The van der Waals surface area contributed by atoms with Gasteiger partial charge in [-0.2, -0.15) is 4.37 Å². The minimum Gasteiger partial charge on any atom is -0.328 e. The molecule has 194 valence electrons. The summed E-state index contributed by atoms with van der Waals surface area (Å²) in [7, 11) is 0. The van der Waals surface area contributed by atoms with E-state index in [1.807, 2.05) is 73.3 Å². The molecule has 3 heterocycles. The van der Waals surface area contributed by atoms with Gasteiger partial charge in [-0.05, 0) is 49.5 Å². The van der Waals surface area contributed by atoms with Crippen LogP contribution in [-0.4, -0.2) is 44.4 Å². The van der Waals surface area contributed by atoms with Crippen LogP contribution in [0.5, 0.6) is 0 Å². The normalized spacial score (nSPS) is 14.1. The first-order chi connectivity index (χ1) is 17.5. The topological polar surface area (TPSA) is 80.1 Å². The van der Waals surface area contributed by atoms with Gasteiger partial charge in [0.05, 0.1) is 23.7 Å². The maximum absolute atomic E-state index is 13.9. The quantitative estimate of drug-likeness (QED) is 0.351. The molecule has 1 aliphatic heterocycles. The summed E-state index contributed by atoms with van der Waals surface area (Å²) in [4.78, 5) is 35.3. The second kappa shape index (κ2) is 11.5. The summed E-state index contributed by atoms with van der Waals surface area (Å²) in [6, 6.07) is 17.3. The first-order valence-corrected chi connectivity index (χ1v) is 13.2. The summed E-state index contributed by atoms with van der Waals surface area (Å²) in [5.74, 6) is 0.960. The molecule has 1 amide bonds. The fraction of sp³-hybridized carbons (Fsp3) is 0.357. The van der Waals surface area contributed by atoms with Crippen molar-refractivity contribution in [1.29, 1.82) is 0 Å². The van der Waals surface area contributed by atoms with E-state index in [0.29, 0.717) is 52.7 Å². The Balaban J connectivity index is 0.00000320. The van der Waals surface area contributed by atoms with Crippen molar-refractivity contribution in [2.24, 2.45) is 5.92 Å². The Morgan fingerprint density at radius 2 is 1.84 bits per heavy atom. The summed E-state index contributed by atoms with van der Waals surface area (Å²) in [5.41, 5.74) is 3.37. The lowest BCUT2D eigenvalue weighted by Gasteiger charge is -2.38. The Morgan fingerprint density at radius 1 is 1.14 bits per heavy atom. The lowest BCUT2D eigenvalue weighted by atomic mass is 9.99. The first kappa shape index (κ1) is 27.0. The van der Waals surface area contributed by atoms with E-state index in [-0.39, 0.29) is 29.9 Å².